The van der Waals surface area contributed by atoms with Crippen molar-refractivity contribution in [3.8, 4) is 0 Å². The van der Waals surface area contributed by atoms with E-state index >= 15 is 0 Å². The summed E-state index contributed by atoms with van der Waals surface area (Å²) in [4.78, 5) is 0. The highest BCUT2D eigenvalue weighted by atomic mass is 35.5. The molecule has 1 saturated carbocycles. The van der Waals surface area contributed by atoms with E-state index < -0.39 is 11.6 Å². The first-order valence-electron chi connectivity index (χ1n) is 6.26. The first kappa shape index (κ1) is 13.8. The van der Waals surface area contributed by atoms with Gasteiger partial charge in [0.2, 0.25) is 0 Å². The molecule has 1 aliphatic rings. The Hall–Kier alpha value is -0.630. The Kier molecular flexibility index (Phi) is 3.21. The van der Waals surface area contributed by atoms with Crippen LogP contribution in [0.15, 0.2) is 18.2 Å². The van der Waals surface area contributed by atoms with Gasteiger partial charge in [-0.2, -0.15) is 0 Å². The van der Waals surface area contributed by atoms with Crippen molar-refractivity contribution in [2.45, 2.75) is 39.5 Å². The summed E-state index contributed by atoms with van der Waals surface area (Å²) in [5, 5.41) is -0.0418. The molecule has 1 aromatic rings. The Bertz CT molecular complexity index is 452. The van der Waals surface area contributed by atoms with Crippen LogP contribution in [0.5, 0.6) is 0 Å². The summed E-state index contributed by atoms with van der Waals surface area (Å²) in [6.07, 6.45) is 0.580. The van der Waals surface area contributed by atoms with E-state index in [4.69, 9.17) is 11.6 Å². The zero-order valence-electron chi connectivity index (χ0n) is 11.2. The second kappa shape index (κ2) is 4.19. The van der Waals surface area contributed by atoms with E-state index in [1.165, 1.54) is 6.07 Å². The van der Waals surface area contributed by atoms with Crippen LogP contribution in [0.25, 0.3) is 0 Å². The third-order valence-corrected chi connectivity index (χ3v) is 5.32. The predicted molar refractivity (Wildman–Crippen MR) is 70.8 cm³/mol. The Balaban J connectivity index is 2.09. The second-order valence-corrected chi connectivity index (χ2v) is 6.95. The molecule has 1 atom stereocenters. The summed E-state index contributed by atoms with van der Waals surface area (Å²) in [5.74, 6) is -1.21. The summed E-state index contributed by atoms with van der Waals surface area (Å²) in [6.45, 7) is 8.83. The summed E-state index contributed by atoms with van der Waals surface area (Å²) >= 11 is 6.46. The number of rotatable bonds is 3. The van der Waals surface area contributed by atoms with Gasteiger partial charge in [-0.05, 0) is 40.9 Å². The van der Waals surface area contributed by atoms with Crippen molar-refractivity contribution in [1.29, 1.82) is 0 Å². The van der Waals surface area contributed by atoms with Crippen molar-refractivity contribution < 1.29 is 8.78 Å². The van der Waals surface area contributed by atoms with Crippen molar-refractivity contribution in [2.24, 2.45) is 16.7 Å². The van der Waals surface area contributed by atoms with Crippen LogP contribution in [0, 0.1) is 28.4 Å². The molecule has 3 heteroatoms. The molecule has 0 amide bonds. The molecular formula is C15H19ClF2. The number of halogens is 3. The molecule has 0 aromatic heterocycles. The van der Waals surface area contributed by atoms with Gasteiger partial charge in [0.15, 0.2) is 11.6 Å². The van der Waals surface area contributed by atoms with Crippen LogP contribution in [0.3, 0.4) is 0 Å². The summed E-state index contributed by atoms with van der Waals surface area (Å²) in [7, 11) is 0. The number of benzene rings is 1. The number of hydrogen-bond acceptors (Lipinski definition) is 0. The van der Waals surface area contributed by atoms with Gasteiger partial charge in [0.1, 0.15) is 0 Å². The third-order valence-electron chi connectivity index (χ3n) is 4.91. The van der Waals surface area contributed by atoms with Gasteiger partial charge in [-0.1, -0.05) is 33.8 Å². The van der Waals surface area contributed by atoms with Gasteiger partial charge in [-0.15, -0.1) is 11.6 Å². The van der Waals surface area contributed by atoms with Crippen LogP contribution in [-0.4, -0.2) is 5.38 Å². The van der Waals surface area contributed by atoms with Crippen LogP contribution < -0.4 is 0 Å². The first-order chi connectivity index (χ1) is 8.18. The lowest BCUT2D eigenvalue weighted by atomic mass is 10.0. The minimum atomic E-state index is -0.808. The maximum Gasteiger partial charge on any atom is 0.159 e. The molecule has 2 rings (SSSR count). The highest BCUT2D eigenvalue weighted by Crippen LogP contribution is 2.70. The van der Waals surface area contributed by atoms with Crippen LogP contribution in [0.2, 0.25) is 0 Å². The maximum atomic E-state index is 13.1. The van der Waals surface area contributed by atoms with Crippen molar-refractivity contribution in [3.05, 3.63) is 35.4 Å². The second-order valence-electron chi connectivity index (χ2n) is 6.39. The van der Waals surface area contributed by atoms with Gasteiger partial charge < -0.3 is 0 Å². The summed E-state index contributed by atoms with van der Waals surface area (Å²) in [6, 6.07) is 4.01. The minimum Gasteiger partial charge on any atom is -0.204 e. The molecule has 0 bridgehead atoms. The molecule has 0 aliphatic heterocycles. The van der Waals surface area contributed by atoms with Crippen LogP contribution in [0.1, 0.15) is 33.3 Å². The Morgan fingerprint density at radius 2 is 1.67 bits per heavy atom. The Morgan fingerprint density at radius 1 is 1.11 bits per heavy atom. The molecule has 0 spiro atoms. The van der Waals surface area contributed by atoms with E-state index in [-0.39, 0.29) is 16.2 Å². The Labute approximate surface area is 112 Å². The van der Waals surface area contributed by atoms with Gasteiger partial charge >= 0.3 is 0 Å². The molecule has 1 fully saturated rings. The van der Waals surface area contributed by atoms with Crippen molar-refractivity contribution in [2.75, 3.05) is 0 Å². The molecule has 0 nitrogen and oxygen atoms in total. The van der Waals surface area contributed by atoms with E-state index in [1.807, 2.05) is 0 Å². The van der Waals surface area contributed by atoms with Gasteiger partial charge in [0.05, 0.1) is 0 Å². The highest BCUT2D eigenvalue weighted by molar-refractivity contribution is 6.21. The molecule has 1 aromatic carbocycles. The molecular weight excluding hydrogens is 254 g/mol. The molecule has 100 valence electrons. The lowest BCUT2D eigenvalue weighted by Gasteiger charge is -2.12. The quantitative estimate of drug-likeness (QED) is 0.694. The lowest BCUT2D eigenvalue weighted by molar-refractivity contribution is 0.457. The van der Waals surface area contributed by atoms with Crippen LogP contribution in [-0.2, 0) is 6.42 Å². The highest BCUT2D eigenvalue weighted by Gasteiger charge is 2.66. The zero-order valence-corrected chi connectivity index (χ0v) is 12.0. The van der Waals surface area contributed by atoms with Gasteiger partial charge in [0, 0.05) is 5.38 Å². The van der Waals surface area contributed by atoms with Gasteiger partial charge in [0.25, 0.3) is 0 Å². The van der Waals surface area contributed by atoms with E-state index in [2.05, 4.69) is 27.7 Å². The summed E-state index contributed by atoms with van der Waals surface area (Å²) in [5.41, 5.74) is 1.17. The average Bonchev–Trinajstić information content (AvgIpc) is 2.63. The fourth-order valence-corrected chi connectivity index (χ4v) is 3.97. The molecule has 18 heavy (non-hydrogen) atoms. The average molecular weight is 273 g/mol. The predicted octanol–water partition coefficient (Wildman–Crippen LogP) is 4.80. The largest absolute Gasteiger partial charge is 0.204 e. The maximum absolute atomic E-state index is 13.1. The van der Waals surface area contributed by atoms with Gasteiger partial charge in [-0.3, -0.25) is 0 Å². The van der Waals surface area contributed by atoms with Crippen LogP contribution in [0.4, 0.5) is 8.78 Å². The fourth-order valence-electron chi connectivity index (χ4n) is 3.16. The van der Waals surface area contributed by atoms with Crippen LogP contribution >= 0.6 is 11.6 Å². The standard InChI is InChI=1S/C15H19ClF2/c1-14(2)13(15(14,3)4)10(16)7-9-5-6-11(17)12(18)8-9/h5-6,8,10,13H,7H2,1-4H3. The monoisotopic (exact) mass is 272 g/mol. The Morgan fingerprint density at radius 3 is 2.11 bits per heavy atom. The lowest BCUT2D eigenvalue weighted by Crippen LogP contribution is -2.11. The van der Waals surface area contributed by atoms with Crippen molar-refractivity contribution in [3.63, 3.8) is 0 Å². The normalized spacial score (nSPS) is 22.8. The van der Waals surface area contributed by atoms with E-state index in [1.54, 1.807) is 6.07 Å². The van der Waals surface area contributed by atoms with E-state index in [9.17, 15) is 8.78 Å². The van der Waals surface area contributed by atoms with E-state index in [0.29, 0.717) is 12.3 Å². The summed E-state index contributed by atoms with van der Waals surface area (Å²) < 4.78 is 26.0. The molecule has 0 saturated heterocycles. The van der Waals surface area contributed by atoms with E-state index in [0.717, 1.165) is 11.6 Å². The molecule has 0 radical (unpaired) electrons. The smallest absolute Gasteiger partial charge is 0.159 e. The first-order valence-corrected chi connectivity index (χ1v) is 6.69. The molecule has 0 N–H and O–H groups in total. The minimum absolute atomic E-state index is 0.0418. The molecule has 1 aliphatic carbocycles. The number of alkyl halides is 1. The SMILES string of the molecule is CC1(C)C(C(Cl)Cc2ccc(F)c(F)c2)C1(C)C. The number of hydrogen-bond donors (Lipinski definition) is 0. The van der Waals surface area contributed by atoms with Crippen molar-refractivity contribution in [1.82, 2.24) is 0 Å². The third kappa shape index (κ3) is 2.05. The topological polar surface area (TPSA) is 0 Å². The molecule has 0 heterocycles. The molecule has 1 unspecified atom stereocenters. The fraction of sp³-hybridized carbons (Fsp3) is 0.600. The van der Waals surface area contributed by atoms with Crippen molar-refractivity contribution >= 4 is 11.6 Å². The van der Waals surface area contributed by atoms with Gasteiger partial charge in [-0.25, -0.2) is 8.78 Å². The zero-order chi connectivity index (χ0) is 13.7.